The lowest BCUT2D eigenvalue weighted by Gasteiger charge is -2.17. The molecule has 2 aromatic carbocycles. The number of para-hydroxylation sites is 2. The second-order valence-corrected chi connectivity index (χ2v) is 8.11. The molecule has 0 spiro atoms. The number of anilines is 1. The number of halogens is 1. The first-order chi connectivity index (χ1) is 14.0. The van der Waals surface area contributed by atoms with Crippen LogP contribution in [0.1, 0.15) is 20.3 Å². The number of aryl methyl sites for hydroxylation is 2. The first-order valence-electron chi connectivity index (χ1n) is 9.58. The van der Waals surface area contributed by atoms with E-state index in [1.54, 1.807) is 20.1 Å². The van der Waals surface area contributed by atoms with Crippen molar-refractivity contribution in [3.05, 3.63) is 58.0 Å². The van der Waals surface area contributed by atoms with Crippen molar-refractivity contribution >= 4 is 55.2 Å². The fraction of sp³-hybridized carbons (Fsp3) is 0.286. The van der Waals surface area contributed by atoms with Gasteiger partial charge in [-0.15, -0.1) is 0 Å². The maximum atomic E-state index is 13.0. The Morgan fingerprint density at radius 1 is 1.14 bits per heavy atom. The molecule has 2 heterocycles. The Bertz CT molecular complexity index is 1260. The van der Waals surface area contributed by atoms with Gasteiger partial charge in [0, 0.05) is 31.1 Å². The van der Waals surface area contributed by atoms with Crippen LogP contribution in [0, 0.1) is 0 Å². The number of fused-ring (bicyclic) bond motifs is 2. The summed E-state index contributed by atoms with van der Waals surface area (Å²) in [6.45, 7) is 5.31. The number of nitrogens with zero attached hydrogens (tertiary/aromatic N) is 4. The maximum absolute atomic E-state index is 13.0. The lowest BCUT2D eigenvalue weighted by Crippen LogP contribution is -2.32. The number of thiazole rings is 1. The molecular weight excluding hydrogens is 408 g/mol. The van der Waals surface area contributed by atoms with E-state index >= 15 is 0 Å². The van der Waals surface area contributed by atoms with Crippen LogP contribution >= 0.6 is 22.9 Å². The Morgan fingerprint density at radius 2 is 1.86 bits per heavy atom. The van der Waals surface area contributed by atoms with E-state index in [1.165, 1.54) is 11.3 Å². The van der Waals surface area contributed by atoms with Crippen LogP contribution in [0.15, 0.2) is 47.3 Å². The summed E-state index contributed by atoms with van der Waals surface area (Å²) < 4.78 is 4.40. The zero-order valence-corrected chi connectivity index (χ0v) is 17.8. The quantitative estimate of drug-likeness (QED) is 0.453. The smallest absolute Gasteiger partial charge is 0.292 e. The standard InChI is InChI=1S/C21H21ClN4O2S/c1-3-24-16-7-5-6-8-17(16)26(21(24)28)12-11-19(27)25(4-2)20-23-15-13-14(22)9-10-18(15)29-20/h5-10,13H,3-4,11-12H2,1-2H3. The van der Waals surface area contributed by atoms with E-state index in [1.807, 2.05) is 50.2 Å². The van der Waals surface area contributed by atoms with Gasteiger partial charge in [-0.1, -0.05) is 35.1 Å². The number of amides is 1. The lowest BCUT2D eigenvalue weighted by atomic mass is 10.3. The van der Waals surface area contributed by atoms with E-state index in [9.17, 15) is 9.59 Å². The molecule has 8 heteroatoms. The monoisotopic (exact) mass is 428 g/mol. The van der Waals surface area contributed by atoms with E-state index in [0.29, 0.717) is 29.8 Å². The molecule has 0 aliphatic carbocycles. The molecule has 0 fully saturated rings. The first kappa shape index (κ1) is 19.7. The topological polar surface area (TPSA) is 60.1 Å². The van der Waals surface area contributed by atoms with Gasteiger partial charge < -0.3 is 0 Å². The molecule has 0 bridgehead atoms. The number of rotatable bonds is 6. The Kier molecular flexibility index (Phi) is 5.43. The van der Waals surface area contributed by atoms with Gasteiger partial charge in [0.05, 0.1) is 21.3 Å². The highest BCUT2D eigenvalue weighted by molar-refractivity contribution is 7.22. The summed E-state index contributed by atoms with van der Waals surface area (Å²) in [6, 6.07) is 13.2. The fourth-order valence-corrected chi connectivity index (χ4v) is 4.75. The Hall–Kier alpha value is -2.64. The normalized spacial score (nSPS) is 11.4. The van der Waals surface area contributed by atoms with E-state index in [-0.39, 0.29) is 18.0 Å². The highest BCUT2D eigenvalue weighted by atomic mass is 35.5. The minimum Gasteiger partial charge on any atom is -0.292 e. The van der Waals surface area contributed by atoms with Gasteiger partial charge in [0.15, 0.2) is 5.13 Å². The predicted molar refractivity (Wildman–Crippen MR) is 119 cm³/mol. The molecule has 1 amide bonds. The molecule has 0 saturated heterocycles. The summed E-state index contributed by atoms with van der Waals surface area (Å²) in [5.41, 5.74) is 2.44. The minimum absolute atomic E-state index is 0.0575. The van der Waals surface area contributed by atoms with Crippen LogP contribution in [-0.2, 0) is 17.9 Å². The zero-order valence-electron chi connectivity index (χ0n) is 16.3. The highest BCUT2D eigenvalue weighted by Gasteiger charge is 2.19. The molecule has 0 unspecified atom stereocenters. The zero-order chi connectivity index (χ0) is 20.5. The molecular formula is C21H21ClN4O2S. The van der Waals surface area contributed by atoms with Crippen LogP contribution < -0.4 is 10.6 Å². The van der Waals surface area contributed by atoms with Crippen LogP contribution in [0.2, 0.25) is 5.02 Å². The van der Waals surface area contributed by atoms with Crippen molar-refractivity contribution in [2.24, 2.45) is 0 Å². The minimum atomic E-state index is -0.0841. The molecule has 0 aliphatic rings. The van der Waals surface area contributed by atoms with Crippen molar-refractivity contribution in [3.8, 4) is 0 Å². The molecule has 6 nitrogen and oxygen atoms in total. The molecule has 0 radical (unpaired) electrons. The van der Waals surface area contributed by atoms with Gasteiger partial charge in [-0.25, -0.2) is 9.78 Å². The summed E-state index contributed by atoms with van der Waals surface area (Å²) in [4.78, 5) is 32.0. The number of aromatic nitrogens is 3. The van der Waals surface area contributed by atoms with Crippen molar-refractivity contribution in [1.82, 2.24) is 14.1 Å². The molecule has 2 aromatic heterocycles. The largest absolute Gasteiger partial charge is 0.329 e. The van der Waals surface area contributed by atoms with Crippen molar-refractivity contribution in [2.45, 2.75) is 33.4 Å². The molecule has 4 rings (SSSR count). The van der Waals surface area contributed by atoms with Gasteiger partial charge in [-0.3, -0.25) is 18.8 Å². The third-order valence-electron chi connectivity index (χ3n) is 4.98. The number of carbonyl (C=O) groups excluding carboxylic acids is 1. The molecule has 150 valence electrons. The van der Waals surface area contributed by atoms with Gasteiger partial charge in [-0.05, 0) is 44.2 Å². The van der Waals surface area contributed by atoms with Gasteiger partial charge in [0.2, 0.25) is 5.91 Å². The Balaban J connectivity index is 1.59. The molecule has 4 aromatic rings. The number of carbonyl (C=O) groups is 1. The summed E-state index contributed by atoms with van der Waals surface area (Å²) in [7, 11) is 0. The van der Waals surface area contributed by atoms with E-state index < -0.39 is 0 Å². The predicted octanol–water partition coefficient (Wildman–Crippen LogP) is 4.53. The molecule has 0 atom stereocenters. The van der Waals surface area contributed by atoms with Crippen molar-refractivity contribution in [3.63, 3.8) is 0 Å². The summed E-state index contributed by atoms with van der Waals surface area (Å²) in [5.74, 6) is -0.0575. The number of benzene rings is 2. The van der Waals surface area contributed by atoms with Crippen molar-refractivity contribution < 1.29 is 4.79 Å². The molecule has 0 N–H and O–H groups in total. The summed E-state index contributed by atoms with van der Waals surface area (Å²) in [6.07, 6.45) is 0.224. The van der Waals surface area contributed by atoms with Crippen LogP contribution in [0.4, 0.5) is 5.13 Å². The third-order valence-corrected chi connectivity index (χ3v) is 6.27. The van der Waals surface area contributed by atoms with E-state index in [0.717, 1.165) is 21.3 Å². The van der Waals surface area contributed by atoms with Crippen molar-refractivity contribution in [1.29, 1.82) is 0 Å². The van der Waals surface area contributed by atoms with Crippen molar-refractivity contribution in [2.75, 3.05) is 11.4 Å². The van der Waals surface area contributed by atoms with Gasteiger partial charge >= 0.3 is 5.69 Å². The average molecular weight is 429 g/mol. The lowest BCUT2D eigenvalue weighted by molar-refractivity contribution is -0.118. The Labute approximate surface area is 177 Å². The average Bonchev–Trinajstić information content (AvgIpc) is 3.24. The first-order valence-corrected chi connectivity index (χ1v) is 10.8. The SMILES string of the molecule is CCN(C(=O)CCn1c(=O)n(CC)c2ccccc21)c1nc2cc(Cl)ccc2s1. The highest BCUT2D eigenvalue weighted by Crippen LogP contribution is 2.30. The number of imidazole rings is 1. The van der Waals surface area contributed by atoms with E-state index in [2.05, 4.69) is 4.98 Å². The fourth-order valence-electron chi connectivity index (χ4n) is 3.56. The number of hydrogen-bond donors (Lipinski definition) is 0. The summed E-state index contributed by atoms with van der Waals surface area (Å²) >= 11 is 7.51. The van der Waals surface area contributed by atoms with Gasteiger partial charge in [0.25, 0.3) is 0 Å². The summed E-state index contributed by atoms with van der Waals surface area (Å²) in [5, 5.41) is 1.27. The molecule has 0 aliphatic heterocycles. The van der Waals surface area contributed by atoms with Crippen LogP contribution in [0.5, 0.6) is 0 Å². The maximum Gasteiger partial charge on any atom is 0.329 e. The van der Waals surface area contributed by atoms with Crippen LogP contribution in [0.3, 0.4) is 0 Å². The second kappa shape index (κ2) is 8.00. The van der Waals surface area contributed by atoms with Gasteiger partial charge in [0.1, 0.15) is 0 Å². The molecule has 0 saturated carbocycles. The second-order valence-electron chi connectivity index (χ2n) is 6.66. The number of hydrogen-bond acceptors (Lipinski definition) is 4. The Morgan fingerprint density at radius 3 is 2.55 bits per heavy atom. The van der Waals surface area contributed by atoms with Gasteiger partial charge in [-0.2, -0.15) is 0 Å². The van der Waals surface area contributed by atoms with Crippen LogP contribution in [0.25, 0.3) is 21.3 Å². The molecule has 29 heavy (non-hydrogen) atoms. The third kappa shape index (κ3) is 3.56. The van der Waals surface area contributed by atoms with Crippen LogP contribution in [-0.4, -0.2) is 26.6 Å². The van der Waals surface area contributed by atoms with E-state index in [4.69, 9.17) is 11.6 Å².